The van der Waals surface area contributed by atoms with Crippen molar-refractivity contribution in [3.63, 3.8) is 0 Å². The lowest BCUT2D eigenvalue weighted by atomic mass is 10.1. The van der Waals surface area contributed by atoms with Crippen LogP contribution in [0.5, 0.6) is 5.75 Å². The standard InChI is InChI=1S/C18H28N2O3/c1-13(2)20-8-7-15(12-20)11-19(3)10-14-5-6-17(23-4)16(9-14)18(21)22/h5-6,9,13,15H,7-8,10-12H2,1-4H3,(H,21,22). The van der Waals surface area contributed by atoms with E-state index < -0.39 is 5.97 Å². The second kappa shape index (κ2) is 7.79. The third-order valence-electron chi connectivity index (χ3n) is 4.56. The molecule has 2 rings (SSSR count). The number of carboxylic acids is 1. The molecule has 1 aliphatic rings. The summed E-state index contributed by atoms with van der Waals surface area (Å²) in [6.07, 6.45) is 1.24. The minimum absolute atomic E-state index is 0.227. The molecule has 128 valence electrons. The van der Waals surface area contributed by atoms with Crippen LogP contribution in [0.25, 0.3) is 0 Å². The average Bonchev–Trinajstić information content (AvgIpc) is 2.95. The van der Waals surface area contributed by atoms with Crippen LogP contribution in [0, 0.1) is 5.92 Å². The second-order valence-corrected chi connectivity index (χ2v) is 6.78. The van der Waals surface area contributed by atoms with Gasteiger partial charge in [0.1, 0.15) is 11.3 Å². The summed E-state index contributed by atoms with van der Waals surface area (Å²) in [4.78, 5) is 16.1. The SMILES string of the molecule is COc1ccc(CN(C)CC2CCN(C(C)C)C2)cc1C(=O)O. The van der Waals surface area contributed by atoms with Crippen LogP contribution in [0.2, 0.25) is 0 Å². The molecular weight excluding hydrogens is 292 g/mol. The van der Waals surface area contributed by atoms with Crippen molar-refractivity contribution < 1.29 is 14.6 Å². The van der Waals surface area contributed by atoms with Gasteiger partial charge in [0, 0.05) is 25.7 Å². The van der Waals surface area contributed by atoms with Gasteiger partial charge in [-0.25, -0.2) is 4.79 Å². The van der Waals surface area contributed by atoms with Gasteiger partial charge < -0.3 is 19.6 Å². The molecular formula is C18H28N2O3. The summed E-state index contributed by atoms with van der Waals surface area (Å²) in [7, 11) is 3.59. The van der Waals surface area contributed by atoms with E-state index in [1.54, 1.807) is 12.1 Å². The molecule has 1 aromatic rings. The van der Waals surface area contributed by atoms with Crippen molar-refractivity contribution >= 4 is 5.97 Å². The molecule has 0 bridgehead atoms. The Balaban J connectivity index is 1.94. The number of hydrogen-bond donors (Lipinski definition) is 1. The number of likely N-dealkylation sites (tertiary alicyclic amines) is 1. The summed E-state index contributed by atoms with van der Waals surface area (Å²) in [5.41, 5.74) is 1.23. The minimum Gasteiger partial charge on any atom is -0.496 e. The zero-order valence-electron chi connectivity index (χ0n) is 14.6. The maximum Gasteiger partial charge on any atom is 0.339 e. The number of carboxylic acid groups (broad SMARTS) is 1. The van der Waals surface area contributed by atoms with E-state index in [4.69, 9.17) is 4.74 Å². The number of nitrogens with zero attached hydrogens (tertiary/aromatic N) is 2. The highest BCUT2D eigenvalue weighted by Gasteiger charge is 2.25. The van der Waals surface area contributed by atoms with Crippen LogP contribution >= 0.6 is 0 Å². The molecule has 1 N–H and O–H groups in total. The predicted molar refractivity (Wildman–Crippen MR) is 91.1 cm³/mol. The maximum atomic E-state index is 11.3. The molecule has 5 heteroatoms. The lowest BCUT2D eigenvalue weighted by Gasteiger charge is -2.23. The van der Waals surface area contributed by atoms with E-state index in [0.717, 1.165) is 25.2 Å². The normalized spacial score (nSPS) is 18.8. The molecule has 0 spiro atoms. The van der Waals surface area contributed by atoms with Crippen molar-refractivity contribution in [1.82, 2.24) is 9.80 Å². The minimum atomic E-state index is -0.949. The molecule has 0 amide bonds. The Hall–Kier alpha value is -1.59. The second-order valence-electron chi connectivity index (χ2n) is 6.78. The topological polar surface area (TPSA) is 53.0 Å². The number of ether oxygens (including phenoxy) is 1. The molecule has 0 radical (unpaired) electrons. The molecule has 1 unspecified atom stereocenters. The Morgan fingerprint density at radius 3 is 2.78 bits per heavy atom. The number of aromatic carboxylic acids is 1. The lowest BCUT2D eigenvalue weighted by Crippen LogP contribution is -2.31. The molecule has 0 aliphatic carbocycles. The van der Waals surface area contributed by atoms with Gasteiger partial charge in [0.25, 0.3) is 0 Å². The zero-order valence-corrected chi connectivity index (χ0v) is 14.6. The summed E-state index contributed by atoms with van der Waals surface area (Å²) in [5, 5.41) is 9.27. The van der Waals surface area contributed by atoms with Crippen LogP contribution in [-0.4, -0.2) is 60.7 Å². The third-order valence-corrected chi connectivity index (χ3v) is 4.56. The van der Waals surface area contributed by atoms with Gasteiger partial charge in [0.05, 0.1) is 7.11 Å². The van der Waals surface area contributed by atoms with Crippen molar-refractivity contribution in [2.45, 2.75) is 32.9 Å². The molecule has 0 aromatic heterocycles. The largest absolute Gasteiger partial charge is 0.496 e. The molecule has 1 saturated heterocycles. The Bertz CT molecular complexity index is 545. The number of benzene rings is 1. The highest BCUT2D eigenvalue weighted by molar-refractivity contribution is 5.91. The number of rotatable bonds is 7. The highest BCUT2D eigenvalue weighted by atomic mass is 16.5. The van der Waals surface area contributed by atoms with E-state index in [9.17, 15) is 9.90 Å². The molecule has 23 heavy (non-hydrogen) atoms. The number of carbonyl (C=O) groups is 1. The van der Waals surface area contributed by atoms with Crippen molar-refractivity contribution in [1.29, 1.82) is 0 Å². The van der Waals surface area contributed by atoms with Crippen LogP contribution in [-0.2, 0) is 6.54 Å². The Kier molecular flexibility index (Phi) is 6.02. The molecule has 1 aromatic carbocycles. The summed E-state index contributed by atoms with van der Waals surface area (Å²) >= 11 is 0. The lowest BCUT2D eigenvalue weighted by molar-refractivity contribution is 0.0693. The average molecular weight is 320 g/mol. The molecule has 5 nitrogen and oxygen atoms in total. The van der Waals surface area contributed by atoms with Crippen molar-refractivity contribution in [3.05, 3.63) is 29.3 Å². The monoisotopic (exact) mass is 320 g/mol. The van der Waals surface area contributed by atoms with Crippen LogP contribution < -0.4 is 4.74 Å². The van der Waals surface area contributed by atoms with Crippen LogP contribution in [0.15, 0.2) is 18.2 Å². The highest BCUT2D eigenvalue weighted by Crippen LogP contribution is 2.22. The summed E-state index contributed by atoms with van der Waals surface area (Å²) in [6, 6.07) is 6.01. The first-order chi connectivity index (χ1) is 10.9. The fourth-order valence-corrected chi connectivity index (χ4v) is 3.32. The van der Waals surface area contributed by atoms with Gasteiger partial charge in [0.2, 0.25) is 0 Å². The zero-order chi connectivity index (χ0) is 17.0. The Morgan fingerprint density at radius 2 is 2.22 bits per heavy atom. The molecule has 1 aliphatic heterocycles. The number of hydrogen-bond acceptors (Lipinski definition) is 4. The summed E-state index contributed by atoms with van der Waals surface area (Å²) in [6.45, 7) is 8.63. The van der Waals surface area contributed by atoms with Gasteiger partial charge in [-0.15, -0.1) is 0 Å². The predicted octanol–water partition coefficient (Wildman–Crippen LogP) is 2.56. The smallest absolute Gasteiger partial charge is 0.339 e. The van der Waals surface area contributed by atoms with Gasteiger partial charge in [-0.1, -0.05) is 6.07 Å². The van der Waals surface area contributed by atoms with E-state index in [-0.39, 0.29) is 5.56 Å². The maximum absolute atomic E-state index is 11.3. The Labute approximate surface area is 138 Å². The fourth-order valence-electron chi connectivity index (χ4n) is 3.32. The van der Waals surface area contributed by atoms with E-state index >= 15 is 0 Å². The van der Waals surface area contributed by atoms with E-state index in [1.165, 1.54) is 20.1 Å². The first-order valence-corrected chi connectivity index (χ1v) is 8.23. The fraction of sp³-hybridized carbons (Fsp3) is 0.611. The van der Waals surface area contributed by atoms with Gasteiger partial charge in [-0.2, -0.15) is 0 Å². The molecule has 1 heterocycles. The van der Waals surface area contributed by atoms with E-state index in [2.05, 4.69) is 30.7 Å². The van der Waals surface area contributed by atoms with Crippen molar-refractivity contribution in [3.8, 4) is 5.75 Å². The van der Waals surface area contributed by atoms with E-state index in [1.807, 2.05) is 6.07 Å². The number of methoxy groups -OCH3 is 1. The van der Waals surface area contributed by atoms with Crippen molar-refractivity contribution in [2.24, 2.45) is 5.92 Å². The van der Waals surface area contributed by atoms with Gasteiger partial charge in [-0.3, -0.25) is 0 Å². The first kappa shape index (κ1) is 17.8. The Morgan fingerprint density at radius 1 is 1.48 bits per heavy atom. The third kappa shape index (κ3) is 4.69. The van der Waals surface area contributed by atoms with Gasteiger partial charge in [-0.05, 0) is 57.5 Å². The van der Waals surface area contributed by atoms with Crippen LogP contribution in [0.4, 0.5) is 0 Å². The molecule has 1 fully saturated rings. The molecule has 0 saturated carbocycles. The van der Waals surface area contributed by atoms with Gasteiger partial charge >= 0.3 is 5.97 Å². The summed E-state index contributed by atoms with van der Waals surface area (Å²) < 4.78 is 5.11. The molecule has 1 atom stereocenters. The quantitative estimate of drug-likeness (QED) is 0.837. The van der Waals surface area contributed by atoms with Crippen molar-refractivity contribution in [2.75, 3.05) is 33.8 Å². The van der Waals surface area contributed by atoms with E-state index in [0.29, 0.717) is 17.7 Å². The van der Waals surface area contributed by atoms with Crippen LogP contribution in [0.3, 0.4) is 0 Å². The summed E-state index contributed by atoms with van der Waals surface area (Å²) in [5.74, 6) is 0.154. The van der Waals surface area contributed by atoms with Crippen LogP contribution in [0.1, 0.15) is 36.2 Å². The first-order valence-electron chi connectivity index (χ1n) is 8.23. The van der Waals surface area contributed by atoms with Gasteiger partial charge in [0.15, 0.2) is 0 Å².